The third kappa shape index (κ3) is 4.47. The molecular formula is C27H38O4. The number of carbonyl (C=O) groups is 1. The smallest absolute Gasteiger partial charge is 0.162 e. The number of hydrogen-bond acceptors (Lipinski definition) is 4. The second kappa shape index (κ2) is 8.71. The number of fused-ring (bicyclic) bond motifs is 1. The fourth-order valence-corrected chi connectivity index (χ4v) is 6.54. The van der Waals surface area contributed by atoms with E-state index in [2.05, 4.69) is 25.7 Å². The minimum atomic E-state index is -0.659. The molecule has 3 N–H and O–H groups in total. The van der Waals surface area contributed by atoms with E-state index in [0.29, 0.717) is 24.7 Å². The minimum Gasteiger partial charge on any atom is -0.512 e. The van der Waals surface area contributed by atoms with Gasteiger partial charge in [-0.15, -0.1) is 0 Å². The Morgan fingerprint density at radius 3 is 2.65 bits per heavy atom. The molecule has 0 aromatic heterocycles. The number of hydrogen-bond donors (Lipinski definition) is 3. The van der Waals surface area contributed by atoms with Crippen LogP contribution in [0.5, 0.6) is 0 Å². The van der Waals surface area contributed by atoms with Crippen LogP contribution in [0.2, 0.25) is 0 Å². The molecule has 0 spiro atoms. The molecule has 2 unspecified atom stereocenters. The van der Waals surface area contributed by atoms with Gasteiger partial charge in [-0.2, -0.15) is 0 Å². The molecule has 4 heteroatoms. The topological polar surface area (TPSA) is 77.8 Å². The van der Waals surface area contributed by atoms with Crippen LogP contribution in [0.4, 0.5) is 0 Å². The van der Waals surface area contributed by atoms with Gasteiger partial charge in [-0.1, -0.05) is 38.2 Å². The molecule has 6 atom stereocenters. The van der Waals surface area contributed by atoms with E-state index in [9.17, 15) is 20.1 Å². The molecule has 0 radical (unpaired) electrons. The standard InChI is InChI=1S/C27H38O4/c1-16-20(13-21(28)14-24(16)29)9-6-18-5-4-12-27(3)22(10-11-23(18)27)17(2)25(30)15-26(31)19-7-8-19/h6,9,15,17,19,21-24,28-29,31H,1,4-5,7-8,10-14H2,2-3H3/b18-6+,20-9-,26-15-/t17?,21-,22-,23?,24+,27-/m1/s1. The number of aliphatic hydroxyl groups excluding tert-OH is 3. The van der Waals surface area contributed by atoms with E-state index in [1.54, 1.807) is 0 Å². The molecule has 4 rings (SSSR count). The maximum absolute atomic E-state index is 12.9. The average Bonchev–Trinajstić information content (AvgIpc) is 3.51. The van der Waals surface area contributed by atoms with Crippen LogP contribution in [-0.2, 0) is 4.79 Å². The lowest BCUT2D eigenvalue weighted by Gasteiger charge is -2.44. The zero-order valence-corrected chi connectivity index (χ0v) is 19.0. The van der Waals surface area contributed by atoms with Crippen LogP contribution in [0.15, 0.2) is 47.3 Å². The highest BCUT2D eigenvalue weighted by molar-refractivity contribution is 5.92. The second-order valence-corrected chi connectivity index (χ2v) is 10.7. The Balaban J connectivity index is 1.51. The highest BCUT2D eigenvalue weighted by Crippen LogP contribution is 2.59. The molecule has 4 saturated carbocycles. The Morgan fingerprint density at radius 1 is 1.19 bits per heavy atom. The first-order chi connectivity index (χ1) is 14.7. The molecule has 170 valence electrons. The average molecular weight is 427 g/mol. The number of carbonyl (C=O) groups excluding carboxylic acids is 1. The van der Waals surface area contributed by atoms with Gasteiger partial charge in [-0.25, -0.2) is 0 Å². The highest BCUT2D eigenvalue weighted by Gasteiger charge is 2.51. The second-order valence-electron chi connectivity index (χ2n) is 10.7. The molecule has 4 fully saturated rings. The van der Waals surface area contributed by atoms with Gasteiger partial charge < -0.3 is 15.3 Å². The number of rotatable bonds is 5. The van der Waals surface area contributed by atoms with E-state index in [4.69, 9.17) is 0 Å². The van der Waals surface area contributed by atoms with Crippen molar-refractivity contribution in [1.29, 1.82) is 0 Å². The van der Waals surface area contributed by atoms with Gasteiger partial charge in [0.1, 0.15) is 0 Å². The molecule has 0 aliphatic heterocycles. The Morgan fingerprint density at radius 2 is 1.94 bits per heavy atom. The van der Waals surface area contributed by atoms with E-state index in [0.717, 1.165) is 56.1 Å². The quantitative estimate of drug-likeness (QED) is 0.418. The molecule has 4 aliphatic carbocycles. The summed E-state index contributed by atoms with van der Waals surface area (Å²) in [7, 11) is 0. The summed E-state index contributed by atoms with van der Waals surface area (Å²) < 4.78 is 0. The Bertz CT molecular complexity index is 830. The van der Waals surface area contributed by atoms with Crippen LogP contribution in [0, 0.1) is 29.1 Å². The van der Waals surface area contributed by atoms with E-state index in [-0.39, 0.29) is 28.8 Å². The van der Waals surface area contributed by atoms with Gasteiger partial charge in [0.05, 0.1) is 18.0 Å². The predicted octanol–water partition coefficient (Wildman–Crippen LogP) is 5.18. The van der Waals surface area contributed by atoms with Crippen LogP contribution < -0.4 is 0 Å². The summed E-state index contributed by atoms with van der Waals surface area (Å²) in [5.41, 5.74) is 3.21. The SMILES string of the molecule is C=C1/C(=C\C=C2/CCC[C@@]3(C)C2CC[C@@H]3C(C)C(=O)/C=C(\O)C2CC2)C[C@@H](O)C[C@@H]1O. The molecule has 0 heterocycles. The lowest BCUT2D eigenvalue weighted by Crippen LogP contribution is -2.37. The van der Waals surface area contributed by atoms with Gasteiger partial charge in [0, 0.05) is 24.3 Å². The summed E-state index contributed by atoms with van der Waals surface area (Å²) >= 11 is 0. The van der Waals surface area contributed by atoms with Crippen molar-refractivity contribution >= 4 is 5.78 Å². The van der Waals surface area contributed by atoms with Crippen LogP contribution >= 0.6 is 0 Å². The molecule has 0 aromatic carbocycles. The molecule has 0 aromatic rings. The Labute approximate surface area is 186 Å². The van der Waals surface area contributed by atoms with Gasteiger partial charge in [0.15, 0.2) is 5.78 Å². The first-order valence-electron chi connectivity index (χ1n) is 12.1. The van der Waals surface area contributed by atoms with Crippen LogP contribution in [0.1, 0.15) is 71.6 Å². The molecule has 4 nitrogen and oxygen atoms in total. The van der Waals surface area contributed by atoms with E-state index < -0.39 is 12.2 Å². The fourth-order valence-electron chi connectivity index (χ4n) is 6.54. The lowest BCUT2D eigenvalue weighted by molar-refractivity contribution is -0.121. The number of allylic oxidation sites excluding steroid dienone is 5. The van der Waals surface area contributed by atoms with E-state index in [1.807, 2.05) is 6.92 Å². The summed E-state index contributed by atoms with van der Waals surface area (Å²) in [6, 6.07) is 0. The normalized spacial score (nSPS) is 40.3. The van der Waals surface area contributed by atoms with Crippen molar-refractivity contribution in [2.75, 3.05) is 0 Å². The first-order valence-corrected chi connectivity index (χ1v) is 12.1. The van der Waals surface area contributed by atoms with E-state index in [1.165, 1.54) is 11.6 Å². The van der Waals surface area contributed by atoms with Gasteiger partial charge in [-0.05, 0) is 79.8 Å². The molecule has 4 aliphatic rings. The summed E-state index contributed by atoms with van der Waals surface area (Å²) in [4.78, 5) is 12.9. The third-order valence-electron chi connectivity index (χ3n) is 8.64. The molecular weight excluding hydrogens is 388 g/mol. The molecule has 0 saturated heterocycles. The van der Waals surface area contributed by atoms with Gasteiger partial charge in [0.2, 0.25) is 0 Å². The molecule has 31 heavy (non-hydrogen) atoms. The number of aliphatic hydroxyl groups is 3. The molecule has 0 bridgehead atoms. The maximum atomic E-state index is 12.9. The summed E-state index contributed by atoms with van der Waals surface area (Å²) in [6.45, 7) is 8.43. The van der Waals surface area contributed by atoms with Crippen molar-refractivity contribution in [3.8, 4) is 0 Å². The lowest BCUT2D eigenvalue weighted by atomic mass is 9.60. The monoisotopic (exact) mass is 426 g/mol. The van der Waals surface area contributed by atoms with Crippen LogP contribution in [0.25, 0.3) is 0 Å². The van der Waals surface area contributed by atoms with Gasteiger partial charge in [0.25, 0.3) is 0 Å². The minimum absolute atomic E-state index is 0.0722. The summed E-state index contributed by atoms with van der Waals surface area (Å²) in [5, 5.41) is 30.3. The van der Waals surface area contributed by atoms with Crippen LogP contribution in [-0.4, -0.2) is 33.3 Å². The van der Waals surface area contributed by atoms with Gasteiger partial charge in [-0.3, -0.25) is 4.79 Å². The van der Waals surface area contributed by atoms with Gasteiger partial charge >= 0.3 is 0 Å². The Kier molecular flexibility index (Phi) is 6.33. The zero-order valence-electron chi connectivity index (χ0n) is 19.0. The maximum Gasteiger partial charge on any atom is 0.162 e. The molecule has 0 amide bonds. The Hall–Kier alpha value is -1.65. The zero-order chi connectivity index (χ0) is 22.3. The van der Waals surface area contributed by atoms with Crippen molar-refractivity contribution in [3.63, 3.8) is 0 Å². The van der Waals surface area contributed by atoms with Crippen molar-refractivity contribution in [2.24, 2.45) is 29.1 Å². The van der Waals surface area contributed by atoms with Crippen LogP contribution in [0.3, 0.4) is 0 Å². The highest BCUT2D eigenvalue weighted by atomic mass is 16.3. The third-order valence-corrected chi connectivity index (χ3v) is 8.64. The van der Waals surface area contributed by atoms with Crippen molar-refractivity contribution in [2.45, 2.75) is 83.8 Å². The predicted molar refractivity (Wildman–Crippen MR) is 122 cm³/mol. The van der Waals surface area contributed by atoms with Crippen molar-refractivity contribution in [1.82, 2.24) is 0 Å². The van der Waals surface area contributed by atoms with Crippen molar-refractivity contribution in [3.05, 3.63) is 47.3 Å². The fraction of sp³-hybridized carbons (Fsp3) is 0.667. The largest absolute Gasteiger partial charge is 0.512 e. The number of ketones is 1. The van der Waals surface area contributed by atoms with E-state index >= 15 is 0 Å². The summed E-state index contributed by atoms with van der Waals surface area (Å²) in [6.07, 6.45) is 13.0. The summed E-state index contributed by atoms with van der Waals surface area (Å²) in [5.74, 6) is 1.30. The van der Waals surface area contributed by atoms with Crippen molar-refractivity contribution < 1.29 is 20.1 Å². The first kappa shape index (κ1) is 22.5.